The molecule has 0 aliphatic rings. The maximum atomic E-state index is 10.5. The molecule has 0 saturated carbocycles. The van der Waals surface area contributed by atoms with Crippen LogP contribution in [-0.2, 0) is 10.1 Å². The predicted octanol–water partition coefficient (Wildman–Crippen LogP) is 0.569. The molecule has 0 spiro atoms. The van der Waals surface area contributed by atoms with Crippen molar-refractivity contribution in [1.82, 2.24) is 0 Å². The standard InChI is InChI=1S/C11H17NO5S.H2O/c1-16-10-6-9(7-11(8-10)17-2)12-4-3-5-18(13,14)15;/h6-8,12H,3-5H2,1-2H3,(H,13,14,15);1H2. The molecule has 7 nitrogen and oxygen atoms in total. The van der Waals surface area contributed by atoms with Crippen molar-refractivity contribution in [2.75, 3.05) is 31.8 Å². The van der Waals surface area contributed by atoms with E-state index in [4.69, 9.17) is 14.0 Å². The van der Waals surface area contributed by atoms with Crippen LogP contribution in [0.2, 0.25) is 0 Å². The number of nitrogens with one attached hydrogen (secondary N) is 1. The van der Waals surface area contributed by atoms with Gasteiger partial charge in [0.05, 0.1) is 20.0 Å². The first-order chi connectivity index (χ1) is 8.44. The van der Waals surface area contributed by atoms with E-state index in [1.165, 1.54) is 0 Å². The van der Waals surface area contributed by atoms with Crippen LogP contribution < -0.4 is 14.8 Å². The molecule has 110 valence electrons. The van der Waals surface area contributed by atoms with E-state index in [2.05, 4.69) is 5.32 Å². The lowest BCUT2D eigenvalue weighted by atomic mass is 10.2. The fourth-order valence-electron chi connectivity index (χ4n) is 1.40. The maximum absolute atomic E-state index is 10.5. The highest BCUT2D eigenvalue weighted by Gasteiger charge is 2.04. The Hall–Kier alpha value is -1.51. The summed E-state index contributed by atoms with van der Waals surface area (Å²) in [4.78, 5) is 0. The van der Waals surface area contributed by atoms with Gasteiger partial charge in [-0.05, 0) is 6.42 Å². The van der Waals surface area contributed by atoms with Crippen LogP contribution >= 0.6 is 0 Å². The summed E-state index contributed by atoms with van der Waals surface area (Å²) >= 11 is 0. The van der Waals surface area contributed by atoms with Gasteiger partial charge >= 0.3 is 0 Å². The molecule has 4 N–H and O–H groups in total. The number of hydrogen-bond donors (Lipinski definition) is 2. The van der Waals surface area contributed by atoms with E-state index in [1.807, 2.05) is 0 Å². The molecule has 19 heavy (non-hydrogen) atoms. The quantitative estimate of drug-likeness (QED) is 0.560. The van der Waals surface area contributed by atoms with Gasteiger partial charge in [0.25, 0.3) is 10.1 Å². The van der Waals surface area contributed by atoms with Crippen molar-refractivity contribution >= 4 is 15.8 Å². The zero-order valence-corrected chi connectivity index (χ0v) is 11.7. The lowest BCUT2D eigenvalue weighted by molar-refractivity contribution is 0.394. The van der Waals surface area contributed by atoms with Gasteiger partial charge in [-0.15, -0.1) is 0 Å². The van der Waals surface area contributed by atoms with Gasteiger partial charge in [0.15, 0.2) is 0 Å². The minimum atomic E-state index is -3.89. The van der Waals surface area contributed by atoms with Crippen LogP contribution in [0.4, 0.5) is 5.69 Å². The molecule has 1 aromatic carbocycles. The van der Waals surface area contributed by atoms with Crippen LogP contribution in [0.15, 0.2) is 18.2 Å². The topological polar surface area (TPSA) is 116 Å². The van der Waals surface area contributed by atoms with Crippen molar-refractivity contribution in [2.45, 2.75) is 6.42 Å². The number of benzene rings is 1. The number of methoxy groups -OCH3 is 2. The van der Waals surface area contributed by atoms with Crippen molar-refractivity contribution in [2.24, 2.45) is 0 Å². The third-order valence-corrected chi connectivity index (χ3v) is 3.06. The van der Waals surface area contributed by atoms with E-state index in [-0.39, 0.29) is 11.2 Å². The summed E-state index contributed by atoms with van der Waals surface area (Å²) in [5.41, 5.74) is 0.765. The summed E-state index contributed by atoms with van der Waals surface area (Å²) in [5, 5.41) is 3.03. The largest absolute Gasteiger partial charge is 0.497 e. The maximum Gasteiger partial charge on any atom is 0.264 e. The van der Waals surface area contributed by atoms with E-state index < -0.39 is 10.1 Å². The van der Waals surface area contributed by atoms with E-state index in [0.29, 0.717) is 24.5 Å². The number of rotatable bonds is 7. The highest BCUT2D eigenvalue weighted by atomic mass is 32.2. The van der Waals surface area contributed by atoms with Crippen molar-refractivity contribution in [1.29, 1.82) is 0 Å². The molecule has 8 heteroatoms. The SMILES string of the molecule is COc1cc(NCCCS(=O)(=O)O)cc(OC)c1.O. The van der Waals surface area contributed by atoms with Crippen LogP contribution in [0.5, 0.6) is 11.5 Å². The van der Waals surface area contributed by atoms with E-state index in [0.717, 1.165) is 5.69 Å². The Morgan fingerprint density at radius 1 is 1.16 bits per heavy atom. The van der Waals surface area contributed by atoms with Gasteiger partial charge in [-0.2, -0.15) is 8.42 Å². The molecular formula is C11H19NO6S. The van der Waals surface area contributed by atoms with Crippen LogP contribution in [0.25, 0.3) is 0 Å². The molecule has 0 unspecified atom stereocenters. The summed E-state index contributed by atoms with van der Waals surface area (Å²) in [6.07, 6.45) is 0.318. The Bertz CT molecular complexity index is 466. The van der Waals surface area contributed by atoms with Gasteiger partial charge in [0, 0.05) is 30.4 Å². The molecule has 0 aliphatic carbocycles. The average Bonchev–Trinajstić information content (AvgIpc) is 2.33. The summed E-state index contributed by atoms with van der Waals surface area (Å²) in [6, 6.07) is 5.29. The molecule has 0 bridgehead atoms. The number of hydrogen-bond acceptors (Lipinski definition) is 5. The summed E-state index contributed by atoms with van der Waals surface area (Å²) in [6.45, 7) is 0.427. The van der Waals surface area contributed by atoms with E-state index in [9.17, 15) is 8.42 Å². The number of anilines is 1. The number of ether oxygens (including phenoxy) is 2. The van der Waals surface area contributed by atoms with E-state index >= 15 is 0 Å². The fourth-order valence-corrected chi connectivity index (χ4v) is 1.91. The molecule has 0 radical (unpaired) electrons. The molecule has 0 fully saturated rings. The first-order valence-electron chi connectivity index (χ1n) is 5.36. The molecule has 0 heterocycles. The van der Waals surface area contributed by atoms with Gasteiger partial charge < -0.3 is 20.3 Å². The Balaban J connectivity index is 0.00000324. The third-order valence-electron chi connectivity index (χ3n) is 2.26. The van der Waals surface area contributed by atoms with Gasteiger partial charge in [-0.3, -0.25) is 4.55 Å². The monoisotopic (exact) mass is 293 g/mol. The third kappa shape index (κ3) is 6.85. The minimum absolute atomic E-state index is 0. The molecule has 0 amide bonds. The molecular weight excluding hydrogens is 274 g/mol. The molecule has 0 saturated heterocycles. The predicted molar refractivity (Wildman–Crippen MR) is 72.7 cm³/mol. The zero-order chi connectivity index (χ0) is 13.6. The zero-order valence-electron chi connectivity index (χ0n) is 10.8. The molecule has 1 rings (SSSR count). The van der Waals surface area contributed by atoms with Crippen molar-refractivity contribution in [3.63, 3.8) is 0 Å². The summed E-state index contributed by atoms with van der Waals surface area (Å²) in [5.74, 6) is 1.03. The van der Waals surface area contributed by atoms with Crippen LogP contribution in [0, 0.1) is 0 Å². The minimum Gasteiger partial charge on any atom is -0.497 e. The molecule has 0 aromatic heterocycles. The van der Waals surface area contributed by atoms with Crippen LogP contribution in [0.1, 0.15) is 6.42 Å². The van der Waals surface area contributed by atoms with Gasteiger partial charge in [-0.1, -0.05) is 0 Å². The van der Waals surface area contributed by atoms with Gasteiger partial charge in [0.1, 0.15) is 11.5 Å². The van der Waals surface area contributed by atoms with Crippen molar-refractivity contribution in [3.05, 3.63) is 18.2 Å². The second-order valence-corrected chi connectivity index (χ2v) is 5.24. The smallest absolute Gasteiger partial charge is 0.264 e. The highest BCUT2D eigenvalue weighted by Crippen LogP contribution is 2.25. The Morgan fingerprint density at radius 2 is 1.68 bits per heavy atom. The lowest BCUT2D eigenvalue weighted by Gasteiger charge is -2.10. The molecule has 1 aromatic rings. The Kier molecular flexibility index (Phi) is 7.20. The average molecular weight is 293 g/mol. The van der Waals surface area contributed by atoms with Gasteiger partial charge in [0.2, 0.25) is 0 Å². The fraction of sp³-hybridized carbons (Fsp3) is 0.455. The summed E-state index contributed by atoms with van der Waals surface area (Å²) in [7, 11) is -0.789. The second kappa shape index (κ2) is 7.82. The molecule has 0 aliphatic heterocycles. The summed E-state index contributed by atoms with van der Waals surface area (Å²) < 4.78 is 39.9. The van der Waals surface area contributed by atoms with Crippen LogP contribution in [0.3, 0.4) is 0 Å². The Morgan fingerprint density at radius 3 is 2.11 bits per heavy atom. The van der Waals surface area contributed by atoms with Crippen molar-refractivity contribution < 1.29 is 27.9 Å². The first-order valence-corrected chi connectivity index (χ1v) is 6.97. The second-order valence-electron chi connectivity index (χ2n) is 3.67. The van der Waals surface area contributed by atoms with Gasteiger partial charge in [-0.25, -0.2) is 0 Å². The lowest BCUT2D eigenvalue weighted by Crippen LogP contribution is -2.10. The first kappa shape index (κ1) is 17.5. The Labute approximate surface area is 112 Å². The van der Waals surface area contributed by atoms with Crippen LogP contribution in [-0.4, -0.2) is 45.0 Å². The normalized spacial score (nSPS) is 10.5. The van der Waals surface area contributed by atoms with E-state index in [1.54, 1.807) is 32.4 Å². The molecule has 0 atom stereocenters. The van der Waals surface area contributed by atoms with Crippen molar-refractivity contribution in [3.8, 4) is 11.5 Å². The highest BCUT2D eigenvalue weighted by molar-refractivity contribution is 7.85.